The van der Waals surface area contributed by atoms with Crippen LogP contribution in [0.2, 0.25) is 0 Å². The zero-order valence-corrected chi connectivity index (χ0v) is 11.6. The zero-order valence-electron chi connectivity index (χ0n) is 11.6. The van der Waals surface area contributed by atoms with E-state index in [-0.39, 0.29) is 11.5 Å². The van der Waals surface area contributed by atoms with Crippen molar-refractivity contribution in [3.8, 4) is 5.75 Å². The minimum absolute atomic E-state index is 0.155. The molecule has 18 heavy (non-hydrogen) atoms. The van der Waals surface area contributed by atoms with E-state index >= 15 is 0 Å². The number of methoxy groups -OCH3 is 1. The fourth-order valence-corrected chi connectivity index (χ4v) is 2.66. The predicted octanol–water partition coefficient (Wildman–Crippen LogP) is 2.46. The lowest BCUT2D eigenvalue weighted by molar-refractivity contribution is 0.144. The van der Waals surface area contributed by atoms with E-state index in [1.807, 2.05) is 25.1 Å². The smallest absolute Gasteiger partial charge is 0.119 e. The van der Waals surface area contributed by atoms with Crippen LogP contribution in [-0.4, -0.2) is 24.9 Å². The van der Waals surface area contributed by atoms with Crippen LogP contribution in [0, 0.1) is 0 Å². The molecule has 0 bridgehead atoms. The van der Waals surface area contributed by atoms with Crippen LogP contribution in [0.1, 0.15) is 38.7 Å². The summed E-state index contributed by atoms with van der Waals surface area (Å²) < 4.78 is 5.27. The van der Waals surface area contributed by atoms with Gasteiger partial charge in [0, 0.05) is 12.0 Å². The lowest BCUT2D eigenvalue weighted by atomic mass is 9.73. The molecule has 1 aromatic rings. The summed E-state index contributed by atoms with van der Waals surface area (Å²) in [5.41, 5.74) is 7.02. The maximum Gasteiger partial charge on any atom is 0.119 e. The quantitative estimate of drug-likeness (QED) is 0.782. The number of ether oxygens (including phenoxy) is 1. The summed E-state index contributed by atoms with van der Waals surface area (Å²) in [6, 6.07) is 8.02. The standard InChI is InChI=1S/C15H25NO2/c1-4-8-15(11-16,10-12(2)17)13-6-5-7-14(9-13)18-3/h5-7,9,12,17H,4,8,10-11,16H2,1-3H3/t12-,15+/m1/s1. The molecule has 0 radical (unpaired) electrons. The maximum atomic E-state index is 9.75. The number of nitrogens with two attached hydrogens (primary N) is 1. The average molecular weight is 251 g/mol. The van der Waals surface area contributed by atoms with Crippen LogP contribution in [-0.2, 0) is 5.41 Å². The summed E-state index contributed by atoms with van der Waals surface area (Å²) in [7, 11) is 1.66. The van der Waals surface area contributed by atoms with Crippen molar-refractivity contribution >= 4 is 0 Å². The van der Waals surface area contributed by atoms with Crippen molar-refractivity contribution in [2.75, 3.05) is 13.7 Å². The second-order valence-electron chi connectivity index (χ2n) is 5.02. The van der Waals surface area contributed by atoms with Gasteiger partial charge in [-0.3, -0.25) is 0 Å². The molecule has 0 saturated carbocycles. The Bertz CT molecular complexity index is 365. The molecular formula is C15H25NO2. The zero-order chi connectivity index (χ0) is 13.6. The van der Waals surface area contributed by atoms with Crippen LogP contribution >= 0.6 is 0 Å². The fraction of sp³-hybridized carbons (Fsp3) is 0.600. The van der Waals surface area contributed by atoms with E-state index < -0.39 is 0 Å². The van der Waals surface area contributed by atoms with Crippen molar-refractivity contribution in [3.05, 3.63) is 29.8 Å². The van der Waals surface area contributed by atoms with Gasteiger partial charge in [0.1, 0.15) is 5.75 Å². The van der Waals surface area contributed by atoms with Gasteiger partial charge < -0.3 is 15.6 Å². The summed E-state index contributed by atoms with van der Waals surface area (Å²) >= 11 is 0. The first-order valence-electron chi connectivity index (χ1n) is 6.60. The van der Waals surface area contributed by atoms with Crippen LogP contribution in [0.25, 0.3) is 0 Å². The lowest BCUT2D eigenvalue weighted by Gasteiger charge is -2.34. The SMILES string of the molecule is CCC[C@@](CN)(C[C@@H](C)O)c1cccc(OC)c1. The molecule has 0 aliphatic rings. The minimum atomic E-state index is -0.355. The summed E-state index contributed by atoms with van der Waals surface area (Å²) in [5.74, 6) is 0.840. The molecule has 0 saturated heterocycles. The molecule has 1 aromatic carbocycles. The molecule has 0 aliphatic carbocycles. The fourth-order valence-electron chi connectivity index (χ4n) is 2.66. The monoisotopic (exact) mass is 251 g/mol. The second kappa shape index (κ2) is 6.76. The van der Waals surface area contributed by atoms with E-state index in [9.17, 15) is 5.11 Å². The molecule has 0 aliphatic heterocycles. The molecule has 0 spiro atoms. The van der Waals surface area contributed by atoms with Crippen LogP contribution < -0.4 is 10.5 Å². The van der Waals surface area contributed by atoms with Gasteiger partial charge in [-0.25, -0.2) is 0 Å². The van der Waals surface area contributed by atoms with E-state index in [0.29, 0.717) is 13.0 Å². The van der Waals surface area contributed by atoms with Crippen molar-refractivity contribution in [1.29, 1.82) is 0 Å². The number of aliphatic hydroxyl groups excluding tert-OH is 1. The van der Waals surface area contributed by atoms with E-state index in [0.717, 1.165) is 24.2 Å². The van der Waals surface area contributed by atoms with Gasteiger partial charge in [0.15, 0.2) is 0 Å². The number of benzene rings is 1. The molecular weight excluding hydrogens is 226 g/mol. The van der Waals surface area contributed by atoms with Gasteiger partial charge in [-0.1, -0.05) is 25.5 Å². The third-order valence-electron chi connectivity index (χ3n) is 3.49. The van der Waals surface area contributed by atoms with E-state index in [2.05, 4.69) is 13.0 Å². The van der Waals surface area contributed by atoms with Crippen LogP contribution in [0.4, 0.5) is 0 Å². The molecule has 2 atom stereocenters. The van der Waals surface area contributed by atoms with Gasteiger partial charge in [0.05, 0.1) is 13.2 Å². The Morgan fingerprint density at radius 2 is 2.17 bits per heavy atom. The van der Waals surface area contributed by atoms with Gasteiger partial charge in [-0.2, -0.15) is 0 Å². The molecule has 0 heterocycles. The van der Waals surface area contributed by atoms with Crippen molar-refractivity contribution in [3.63, 3.8) is 0 Å². The maximum absolute atomic E-state index is 9.75. The Balaban J connectivity index is 3.13. The molecule has 3 N–H and O–H groups in total. The largest absolute Gasteiger partial charge is 0.497 e. The first-order chi connectivity index (χ1) is 8.57. The topological polar surface area (TPSA) is 55.5 Å². The van der Waals surface area contributed by atoms with Crippen LogP contribution in [0.3, 0.4) is 0 Å². The normalized spacial score (nSPS) is 16.1. The van der Waals surface area contributed by atoms with Gasteiger partial charge in [0.25, 0.3) is 0 Å². The summed E-state index contributed by atoms with van der Waals surface area (Å²) in [6.07, 6.45) is 2.35. The Morgan fingerprint density at radius 3 is 2.67 bits per heavy atom. The van der Waals surface area contributed by atoms with Crippen molar-refractivity contribution < 1.29 is 9.84 Å². The van der Waals surface area contributed by atoms with Gasteiger partial charge in [0.2, 0.25) is 0 Å². The predicted molar refractivity (Wildman–Crippen MR) is 74.9 cm³/mol. The highest BCUT2D eigenvalue weighted by Gasteiger charge is 2.31. The number of hydrogen-bond acceptors (Lipinski definition) is 3. The molecule has 0 fully saturated rings. The van der Waals surface area contributed by atoms with Gasteiger partial charge >= 0.3 is 0 Å². The Hall–Kier alpha value is -1.06. The highest BCUT2D eigenvalue weighted by atomic mass is 16.5. The van der Waals surface area contributed by atoms with Crippen LogP contribution in [0.5, 0.6) is 5.75 Å². The first-order valence-corrected chi connectivity index (χ1v) is 6.60. The van der Waals surface area contributed by atoms with E-state index in [1.54, 1.807) is 7.11 Å². The number of aliphatic hydroxyl groups is 1. The van der Waals surface area contributed by atoms with E-state index in [4.69, 9.17) is 10.5 Å². The molecule has 3 nitrogen and oxygen atoms in total. The highest BCUT2D eigenvalue weighted by Crippen LogP contribution is 2.35. The van der Waals surface area contributed by atoms with Crippen molar-refractivity contribution in [1.82, 2.24) is 0 Å². The summed E-state index contributed by atoms with van der Waals surface area (Å²) in [4.78, 5) is 0. The lowest BCUT2D eigenvalue weighted by Crippen LogP contribution is -2.38. The highest BCUT2D eigenvalue weighted by molar-refractivity contribution is 5.34. The third kappa shape index (κ3) is 3.47. The number of rotatable bonds is 7. The minimum Gasteiger partial charge on any atom is -0.497 e. The molecule has 0 unspecified atom stereocenters. The summed E-state index contributed by atoms with van der Waals surface area (Å²) in [6.45, 7) is 4.51. The van der Waals surface area contributed by atoms with Crippen molar-refractivity contribution in [2.24, 2.45) is 5.73 Å². The van der Waals surface area contributed by atoms with Gasteiger partial charge in [-0.15, -0.1) is 0 Å². The number of hydrogen-bond donors (Lipinski definition) is 2. The summed E-state index contributed by atoms with van der Waals surface area (Å²) in [5, 5.41) is 9.75. The van der Waals surface area contributed by atoms with Crippen LogP contribution in [0.15, 0.2) is 24.3 Å². The Labute approximate surface area is 110 Å². The van der Waals surface area contributed by atoms with Crippen molar-refractivity contribution in [2.45, 2.75) is 44.6 Å². The molecule has 0 aromatic heterocycles. The first kappa shape index (κ1) is 15.0. The molecule has 0 amide bonds. The third-order valence-corrected chi connectivity index (χ3v) is 3.49. The average Bonchev–Trinajstić information content (AvgIpc) is 2.37. The molecule has 3 heteroatoms. The Morgan fingerprint density at radius 1 is 1.44 bits per heavy atom. The Kier molecular flexibility index (Phi) is 5.63. The molecule has 102 valence electrons. The van der Waals surface area contributed by atoms with E-state index in [1.165, 1.54) is 0 Å². The molecule has 1 rings (SSSR count). The van der Waals surface area contributed by atoms with Gasteiger partial charge in [-0.05, 0) is 37.5 Å². The second-order valence-corrected chi connectivity index (χ2v) is 5.02.